The number of alkyl halides is 1. The topological polar surface area (TPSA) is 90.9 Å². The van der Waals surface area contributed by atoms with Gasteiger partial charge < -0.3 is 10.0 Å². The van der Waals surface area contributed by atoms with Crippen molar-refractivity contribution in [3.63, 3.8) is 0 Å². The zero-order valence-electron chi connectivity index (χ0n) is 6.14. The van der Waals surface area contributed by atoms with Crippen molar-refractivity contribution in [2.24, 2.45) is 5.11 Å². The lowest BCUT2D eigenvalue weighted by molar-refractivity contribution is 0.152. The second-order valence-electron chi connectivity index (χ2n) is 2.49. The minimum absolute atomic E-state index is 0.0150. The molecule has 1 aliphatic heterocycles. The molecule has 1 saturated heterocycles. The van der Waals surface area contributed by atoms with E-state index in [9.17, 15) is 9.18 Å². The summed E-state index contributed by atoms with van der Waals surface area (Å²) < 4.78 is 12.8. The summed E-state index contributed by atoms with van der Waals surface area (Å²) in [5.41, 5.74) is 6.36. The Morgan fingerprint density at radius 3 is 2.83 bits per heavy atom. The van der Waals surface area contributed by atoms with Gasteiger partial charge in [0.1, 0.15) is 16.8 Å². The van der Waals surface area contributed by atoms with Crippen molar-refractivity contribution < 1.29 is 14.3 Å². The molecule has 0 spiro atoms. The summed E-state index contributed by atoms with van der Waals surface area (Å²) in [6.07, 6.45) is -2.50. The molecule has 7 heteroatoms. The molecule has 0 radical (unpaired) electrons. The van der Waals surface area contributed by atoms with E-state index in [2.05, 4.69) is 10.0 Å². The van der Waals surface area contributed by atoms with Crippen LogP contribution < -0.4 is 4.91 Å². The molecule has 0 aromatic heterocycles. The number of hydrogen-bond donors (Lipinski definition) is 2. The van der Waals surface area contributed by atoms with Crippen LogP contribution in [0.15, 0.2) is 5.11 Å². The smallest absolute Gasteiger partial charge is 0.407 e. The Balaban J connectivity index is 2.61. The normalized spacial score (nSPS) is 28.2. The van der Waals surface area contributed by atoms with E-state index in [4.69, 9.17) is 10.6 Å². The van der Waals surface area contributed by atoms with Crippen molar-refractivity contribution in [1.29, 1.82) is 5.53 Å². The molecule has 0 saturated carbocycles. The van der Waals surface area contributed by atoms with Gasteiger partial charge in [-0.05, 0) is 0 Å². The summed E-state index contributed by atoms with van der Waals surface area (Å²) in [7, 11) is 0. The Kier molecular flexibility index (Phi) is 2.35. The van der Waals surface area contributed by atoms with Gasteiger partial charge in [-0.15, -0.1) is 0 Å². The van der Waals surface area contributed by atoms with Crippen molar-refractivity contribution in [3.8, 4) is 0 Å². The largest absolute Gasteiger partial charge is 0.465 e. The van der Waals surface area contributed by atoms with Crippen LogP contribution in [0.5, 0.6) is 0 Å². The molecule has 0 aromatic rings. The number of rotatable bonds is 1. The lowest BCUT2D eigenvalue weighted by Gasteiger charge is -2.07. The Bertz CT molecular complexity index is 240. The molecular formula is C5H8FN4O2+. The van der Waals surface area contributed by atoms with Crippen LogP contribution in [0.2, 0.25) is 0 Å². The second-order valence-corrected chi connectivity index (χ2v) is 2.49. The van der Waals surface area contributed by atoms with Gasteiger partial charge in [0, 0.05) is 0 Å². The van der Waals surface area contributed by atoms with Crippen LogP contribution in [-0.4, -0.2) is 41.4 Å². The molecular weight excluding hydrogens is 167 g/mol. The standard InChI is InChI=1S/C5H7FN4O2/c6-3-1-10(5(11)12)2-4(3)8-9-7/h3-4,7H,1-2H2/p+1. The van der Waals surface area contributed by atoms with E-state index in [1.165, 1.54) is 0 Å². The van der Waals surface area contributed by atoms with Gasteiger partial charge in [-0.2, -0.15) is 0 Å². The molecule has 0 aromatic carbocycles. The van der Waals surface area contributed by atoms with E-state index in [1.54, 1.807) is 0 Å². The molecule has 2 N–H and O–H groups in total. The fraction of sp³-hybridized carbons (Fsp3) is 0.800. The van der Waals surface area contributed by atoms with Crippen LogP contribution in [0.3, 0.4) is 0 Å². The molecule has 0 aliphatic carbocycles. The third kappa shape index (κ3) is 1.57. The van der Waals surface area contributed by atoms with Gasteiger partial charge in [0.05, 0.1) is 13.1 Å². The quantitative estimate of drug-likeness (QED) is 0.441. The van der Waals surface area contributed by atoms with Crippen molar-refractivity contribution in [2.75, 3.05) is 13.1 Å². The summed E-state index contributed by atoms with van der Waals surface area (Å²) in [6, 6.07) is -0.807. The average Bonchev–Trinajstić information content (AvgIpc) is 2.34. The maximum atomic E-state index is 12.8. The van der Waals surface area contributed by atoms with E-state index < -0.39 is 18.3 Å². The van der Waals surface area contributed by atoms with Gasteiger partial charge in [-0.1, -0.05) is 0 Å². The first-order valence-electron chi connectivity index (χ1n) is 3.33. The van der Waals surface area contributed by atoms with Gasteiger partial charge in [-0.25, -0.2) is 9.18 Å². The third-order valence-corrected chi connectivity index (χ3v) is 1.70. The highest BCUT2D eigenvalue weighted by Crippen LogP contribution is 2.15. The Morgan fingerprint density at radius 1 is 1.75 bits per heavy atom. The zero-order chi connectivity index (χ0) is 9.14. The zero-order valence-corrected chi connectivity index (χ0v) is 6.14. The number of hydrogen-bond acceptors (Lipinski definition) is 3. The Labute approximate surface area is 67.2 Å². The summed E-state index contributed by atoms with van der Waals surface area (Å²) in [6.45, 7) is -0.197. The highest BCUT2D eigenvalue weighted by atomic mass is 19.1. The van der Waals surface area contributed by atoms with Gasteiger partial charge in [0.15, 0.2) is 6.04 Å². The van der Waals surface area contributed by atoms with Crippen LogP contribution in [0, 0.1) is 5.53 Å². The van der Waals surface area contributed by atoms with E-state index in [0.717, 1.165) is 4.90 Å². The number of nitrogens with zero attached hydrogens (tertiary/aromatic N) is 3. The van der Waals surface area contributed by atoms with Gasteiger partial charge in [0.25, 0.3) is 0 Å². The van der Waals surface area contributed by atoms with E-state index >= 15 is 0 Å². The second kappa shape index (κ2) is 3.27. The predicted molar refractivity (Wildman–Crippen MR) is 35.6 cm³/mol. The Morgan fingerprint density at radius 2 is 2.42 bits per heavy atom. The lowest BCUT2D eigenvalue weighted by atomic mass is 10.2. The highest BCUT2D eigenvalue weighted by molar-refractivity contribution is 5.65. The first kappa shape index (κ1) is 8.61. The molecule has 1 amide bonds. The molecule has 1 rings (SSSR count). The summed E-state index contributed by atoms with van der Waals surface area (Å²) in [4.78, 5) is 13.9. The van der Waals surface area contributed by atoms with Crippen LogP contribution in [0.4, 0.5) is 9.18 Å². The van der Waals surface area contributed by atoms with Crippen LogP contribution in [0.25, 0.3) is 0 Å². The van der Waals surface area contributed by atoms with E-state index in [-0.39, 0.29) is 13.1 Å². The monoisotopic (exact) mass is 175 g/mol. The maximum Gasteiger partial charge on any atom is 0.407 e. The molecule has 6 nitrogen and oxygen atoms in total. The summed E-state index contributed by atoms with van der Waals surface area (Å²) >= 11 is 0. The Hall–Kier alpha value is -1.49. The van der Waals surface area contributed by atoms with Gasteiger partial charge >= 0.3 is 6.09 Å². The van der Waals surface area contributed by atoms with Crippen molar-refractivity contribution in [3.05, 3.63) is 0 Å². The third-order valence-electron chi connectivity index (χ3n) is 1.70. The minimum Gasteiger partial charge on any atom is -0.465 e. The first-order valence-corrected chi connectivity index (χ1v) is 3.33. The fourth-order valence-electron chi connectivity index (χ4n) is 1.09. The molecule has 1 aliphatic rings. The molecule has 1 heterocycles. The number of nitrogens with one attached hydrogen (secondary N) is 1. The number of halogens is 1. The van der Waals surface area contributed by atoms with E-state index in [0.29, 0.717) is 0 Å². The number of carboxylic acid groups (broad SMARTS) is 1. The minimum atomic E-state index is -1.34. The lowest BCUT2D eigenvalue weighted by Crippen LogP contribution is -2.27. The molecule has 0 bridgehead atoms. The molecule has 12 heavy (non-hydrogen) atoms. The summed E-state index contributed by atoms with van der Waals surface area (Å²) in [5, 5.41) is 11.7. The molecule has 1 fully saturated rings. The molecule has 2 atom stereocenters. The van der Waals surface area contributed by atoms with Crippen LogP contribution in [-0.2, 0) is 0 Å². The fourth-order valence-corrected chi connectivity index (χ4v) is 1.09. The van der Waals surface area contributed by atoms with Crippen LogP contribution >= 0.6 is 0 Å². The average molecular weight is 175 g/mol. The highest BCUT2D eigenvalue weighted by Gasteiger charge is 2.38. The number of amides is 1. The first-order chi connectivity index (χ1) is 5.65. The number of carbonyl (C=O) groups is 1. The SMILES string of the molecule is N=[N+]=NC1CN(C(=O)O)CC1F. The predicted octanol–water partition coefficient (Wildman–Crippen LogP) is 0.237. The molecule has 2 unspecified atom stereocenters. The van der Waals surface area contributed by atoms with Gasteiger partial charge in [-0.3, -0.25) is 0 Å². The van der Waals surface area contributed by atoms with Crippen LogP contribution in [0.1, 0.15) is 0 Å². The number of likely N-dealkylation sites (tertiary alicyclic amines) is 1. The summed E-state index contributed by atoms with van der Waals surface area (Å²) in [5.74, 6) is 0. The maximum absolute atomic E-state index is 12.8. The molecule has 66 valence electrons. The van der Waals surface area contributed by atoms with Crippen molar-refractivity contribution in [1.82, 2.24) is 9.81 Å². The van der Waals surface area contributed by atoms with Crippen molar-refractivity contribution >= 4 is 6.09 Å². The van der Waals surface area contributed by atoms with Gasteiger partial charge in [0.2, 0.25) is 4.91 Å². The van der Waals surface area contributed by atoms with E-state index in [1.807, 2.05) is 0 Å². The van der Waals surface area contributed by atoms with Crippen molar-refractivity contribution in [2.45, 2.75) is 12.2 Å².